The number of ketones is 1. The molecule has 1 aromatic carbocycles. The molecule has 15 nitrogen and oxygen atoms in total. The van der Waals surface area contributed by atoms with Crippen LogP contribution in [-0.4, -0.2) is 98.2 Å². The molecule has 288 valence electrons. The number of nitrogens with zero attached hydrogens (tertiary/aromatic N) is 3. The average Bonchev–Trinajstić information content (AvgIpc) is 3.56. The molecule has 6 N–H and O–H groups in total. The number of carbonyl (C=O) groups is 6. The van der Waals surface area contributed by atoms with Crippen LogP contribution in [0.4, 0.5) is 0 Å². The predicted octanol–water partition coefficient (Wildman–Crippen LogP) is 2.24. The molecule has 16 heteroatoms. The second-order valence-electron chi connectivity index (χ2n) is 13.3. The number of aliphatic carboxylic acids is 1. The molecule has 1 heterocycles. The summed E-state index contributed by atoms with van der Waals surface area (Å²) < 4.78 is 1.45. The van der Waals surface area contributed by atoms with Crippen LogP contribution in [0.2, 0.25) is 0 Å². The quantitative estimate of drug-likeness (QED) is 0.0812. The zero-order valence-electron chi connectivity index (χ0n) is 31.2. The van der Waals surface area contributed by atoms with Gasteiger partial charge in [0, 0.05) is 50.2 Å². The number of aryl methyl sites for hydroxylation is 1. The van der Waals surface area contributed by atoms with E-state index in [2.05, 4.69) is 36.9 Å². The van der Waals surface area contributed by atoms with Crippen molar-refractivity contribution in [2.24, 2.45) is 5.92 Å². The van der Waals surface area contributed by atoms with Crippen LogP contribution < -0.4 is 26.6 Å². The molecule has 0 bridgehead atoms. The third-order valence-electron chi connectivity index (χ3n) is 8.19. The molecule has 0 spiro atoms. The first-order valence-corrected chi connectivity index (χ1v) is 19.3. The van der Waals surface area contributed by atoms with Crippen molar-refractivity contribution in [3.05, 3.63) is 47.3 Å². The van der Waals surface area contributed by atoms with E-state index in [1.807, 2.05) is 32.2 Å². The molecule has 0 radical (unpaired) electrons. The van der Waals surface area contributed by atoms with Crippen molar-refractivity contribution in [3.8, 4) is 0 Å². The Morgan fingerprint density at radius 1 is 0.904 bits per heavy atom. The smallest absolute Gasteiger partial charge is 0.326 e. The van der Waals surface area contributed by atoms with Gasteiger partial charge < -0.3 is 31.7 Å². The summed E-state index contributed by atoms with van der Waals surface area (Å²) in [6, 6.07) is 4.29. The molecule has 0 aliphatic heterocycles. The summed E-state index contributed by atoms with van der Waals surface area (Å²) in [7, 11) is 0. The number of carbonyl (C=O) groups excluding carboxylic acids is 5. The summed E-state index contributed by atoms with van der Waals surface area (Å²) in [4.78, 5) is 75.7. The van der Waals surface area contributed by atoms with E-state index >= 15 is 0 Å². The highest BCUT2D eigenvalue weighted by Gasteiger charge is 2.31. The van der Waals surface area contributed by atoms with Crippen molar-refractivity contribution in [1.82, 2.24) is 41.6 Å². The van der Waals surface area contributed by atoms with Gasteiger partial charge >= 0.3 is 5.97 Å². The minimum Gasteiger partial charge on any atom is -0.480 e. The zero-order valence-corrected chi connectivity index (χ0v) is 32.0. The Kier molecular flexibility index (Phi) is 19.6. The van der Waals surface area contributed by atoms with Crippen LogP contribution in [0.25, 0.3) is 0 Å². The van der Waals surface area contributed by atoms with Crippen molar-refractivity contribution in [2.75, 3.05) is 18.6 Å². The summed E-state index contributed by atoms with van der Waals surface area (Å²) in [6.07, 6.45) is 5.83. The lowest BCUT2D eigenvalue weighted by Gasteiger charge is -2.26. The van der Waals surface area contributed by atoms with E-state index in [9.17, 15) is 33.9 Å². The van der Waals surface area contributed by atoms with Gasteiger partial charge in [-0.15, -0.1) is 5.10 Å². The maximum absolute atomic E-state index is 13.4. The highest BCUT2D eigenvalue weighted by atomic mass is 32.2. The number of thioether (sulfide) groups is 1. The molecule has 2 rings (SSSR count). The molecular formula is C36H56N8O7S. The van der Waals surface area contributed by atoms with Gasteiger partial charge in [0.05, 0.1) is 5.69 Å². The largest absolute Gasteiger partial charge is 0.480 e. The van der Waals surface area contributed by atoms with Crippen molar-refractivity contribution >= 4 is 47.1 Å². The highest BCUT2D eigenvalue weighted by molar-refractivity contribution is 7.98. The number of carboxylic acid groups (broad SMARTS) is 1. The summed E-state index contributed by atoms with van der Waals surface area (Å²) in [5, 5.41) is 31.9. The van der Waals surface area contributed by atoms with Crippen LogP contribution in [0.5, 0.6) is 0 Å². The molecule has 0 aliphatic rings. The normalized spacial score (nSPS) is 12.9. The lowest BCUT2D eigenvalue weighted by molar-refractivity contribution is -0.142. The van der Waals surface area contributed by atoms with Gasteiger partial charge in [-0.2, -0.15) is 11.8 Å². The Hall–Kier alpha value is -4.31. The average molecular weight is 745 g/mol. The molecule has 0 saturated carbocycles. The molecule has 0 aliphatic carbocycles. The fourth-order valence-electron chi connectivity index (χ4n) is 5.00. The third kappa shape index (κ3) is 16.4. The van der Waals surface area contributed by atoms with Crippen molar-refractivity contribution in [3.63, 3.8) is 0 Å². The Balaban J connectivity index is 1.87. The number of benzene rings is 1. The Morgan fingerprint density at radius 3 is 2.23 bits per heavy atom. The molecule has 1 aromatic heterocycles. The number of amides is 4. The van der Waals surface area contributed by atoms with Gasteiger partial charge in [-0.3, -0.25) is 24.0 Å². The van der Waals surface area contributed by atoms with Gasteiger partial charge in [0.2, 0.25) is 17.7 Å². The SMILES string of the molecule is CCC(=O)Cn1cc(CCC(=O)NCCCC[C@H](NC(=O)[C@@H](NC(=O)[C@H](CCSC)NC(=O)c2ccc(CNC(C)C)cc2)C(C)C)C(=O)O)nn1. The summed E-state index contributed by atoms with van der Waals surface area (Å²) in [6.45, 7) is 10.5. The van der Waals surface area contributed by atoms with Gasteiger partial charge in [-0.25, -0.2) is 9.48 Å². The van der Waals surface area contributed by atoms with Gasteiger partial charge in [0.25, 0.3) is 5.91 Å². The standard InChI is InChI=1S/C36H56N8O7S/c1-7-28(45)22-44-21-27(42-43-44)15-16-31(46)37-18-9-8-10-30(36(50)51)40-35(49)32(23(2)3)41-34(48)29(17-19-52-6)39-33(47)26-13-11-25(12-14-26)20-38-24(4)5/h11-14,21,23-24,29-30,32,38H,7-10,15-20,22H2,1-6H3,(H,37,46)(H,39,47)(H,40,49)(H,41,48)(H,50,51)/t29-,30-,32-/m0/s1. The topological polar surface area (TPSA) is 214 Å². The monoisotopic (exact) mass is 744 g/mol. The van der Waals surface area contributed by atoms with Crippen molar-refractivity contribution < 1.29 is 33.9 Å². The Morgan fingerprint density at radius 2 is 1.62 bits per heavy atom. The second kappa shape index (κ2) is 23.3. The van der Waals surface area contributed by atoms with Crippen molar-refractivity contribution in [2.45, 2.75) is 117 Å². The number of Topliss-reactive ketones (excluding diaryl/α,β-unsaturated/α-hetero) is 1. The van der Waals surface area contributed by atoms with Crippen LogP contribution >= 0.6 is 11.8 Å². The summed E-state index contributed by atoms with van der Waals surface area (Å²) in [5.74, 6) is -2.75. The van der Waals surface area contributed by atoms with Crippen LogP contribution in [0.3, 0.4) is 0 Å². The highest BCUT2D eigenvalue weighted by Crippen LogP contribution is 2.10. The third-order valence-corrected chi connectivity index (χ3v) is 8.84. The van der Waals surface area contributed by atoms with E-state index in [0.29, 0.717) is 68.2 Å². The van der Waals surface area contributed by atoms with Crippen molar-refractivity contribution in [1.29, 1.82) is 0 Å². The number of rotatable bonds is 25. The Labute approximate surface area is 310 Å². The van der Waals surface area contributed by atoms with E-state index in [1.165, 1.54) is 16.4 Å². The number of hydrogen-bond donors (Lipinski definition) is 6. The molecule has 3 atom stereocenters. The maximum Gasteiger partial charge on any atom is 0.326 e. The molecule has 52 heavy (non-hydrogen) atoms. The fraction of sp³-hybridized carbons (Fsp3) is 0.611. The molecule has 0 saturated heterocycles. The molecule has 0 fully saturated rings. The summed E-state index contributed by atoms with van der Waals surface area (Å²) >= 11 is 1.52. The summed E-state index contributed by atoms with van der Waals surface area (Å²) in [5.41, 5.74) is 2.03. The minimum atomic E-state index is -1.21. The van der Waals surface area contributed by atoms with Crippen LogP contribution in [0.1, 0.15) is 94.8 Å². The van der Waals surface area contributed by atoms with Gasteiger partial charge in [-0.05, 0) is 61.3 Å². The maximum atomic E-state index is 13.4. The first-order chi connectivity index (χ1) is 24.7. The van der Waals surface area contributed by atoms with E-state index in [0.717, 1.165) is 5.56 Å². The first kappa shape index (κ1) is 43.9. The number of aromatic nitrogens is 3. The number of carboxylic acids is 1. The second-order valence-corrected chi connectivity index (χ2v) is 14.3. The molecule has 0 unspecified atom stereocenters. The number of unbranched alkanes of at least 4 members (excludes halogenated alkanes) is 1. The van der Waals surface area contributed by atoms with E-state index in [4.69, 9.17) is 0 Å². The van der Waals surface area contributed by atoms with Gasteiger partial charge in [0.1, 0.15) is 24.7 Å². The molecule has 2 aromatic rings. The number of nitrogens with one attached hydrogen (secondary N) is 5. The van der Waals surface area contributed by atoms with E-state index in [1.54, 1.807) is 39.1 Å². The zero-order chi connectivity index (χ0) is 38.6. The van der Waals surface area contributed by atoms with Gasteiger partial charge in [0.15, 0.2) is 5.78 Å². The molecular weight excluding hydrogens is 689 g/mol. The number of hydrogen-bond acceptors (Lipinski definition) is 10. The Bertz CT molecular complexity index is 1460. The molecule has 4 amide bonds. The lowest BCUT2D eigenvalue weighted by atomic mass is 10.0. The van der Waals surface area contributed by atoms with Crippen LogP contribution in [0, 0.1) is 5.92 Å². The predicted molar refractivity (Wildman–Crippen MR) is 200 cm³/mol. The minimum absolute atomic E-state index is 0.0337. The first-order valence-electron chi connectivity index (χ1n) is 17.9. The van der Waals surface area contributed by atoms with Crippen LogP contribution in [0.15, 0.2) is 30.5 Å². The van der Waals surface area contributed by atoms with E-state index < -0.39 is 41.8 Å². The van der Waals surface area contributed by atoms with Gasteiger partial charge in [-0.1, -0.05) is 52.0 Å². The lowest BCUT2D eigenvalue weighted by Crippen LogP contribution is -2.57. The fourth-order valence-corrected chi connectivity index (χ4v) is 5.48. The van der Waals surface area contributed by atoms with E-state index in [-0.39, 0.29) is 37.0 Å². The van der Waals surface area contributed by atoms with Crippen LogP contribution in [-0.2, 0) is 43.5 Å².